The summed E-state index contributed by atoms with van der Waals surface area (Å²) in [6.07, 6.45) is 1.70. The summed E-state index contributed by atoms with van der Waals surface area (Å²) < 4.78 is 10.9. The van der Waals surface area contributed by atoms with Gasteiger partial charge in [0, 0.05) is 10.6 Å². The quantitative estimate of drug-likeness (QED) is 0.645. The SMILES string of the molecule is Cc1ccc(NC(=O)C2(c3ccc4c(c3)OCO4)CC2)cc1-c1sccc1C. The highest BCUT2D eigenvalue weighted by molar-refractivity contribution is 7.13. The maximum atomic E-state index is 13.2. The molecule has 1 saturated carbocycles. The van der Waals surface area contributed by atoms with Crippen molar-refractivity contribution in [2.45, 2.75) is 32.1 Å². The monoisotopic (exact) mass is 391 g/mol. The molecule has 142 valence electrons. The van der Waals surface area contributed by atoms with E-state index in [1.165, 1.54) is 21.6 Å². The maximum Gasteiger partial charge on any atom is 0.235 e. The van der Waals surface area contributed by atoms with Gasteiger partial charge in [0.05, 0.1) is 5.41 Å². The van der Waals surface area contributed by atoms with Gasteiger partial charge >= 0.3 is 0 Å². The van der Waals surface area contributed by atoms with E-state index in [1.54, 1.807) is 11.3 Å². The van der Waals surface area contributed by atoms with Crippen molar-refractivity contribution in [3.8, 4) is 21.9 Å². The van der Waals surface area contributed by atoms with Crippen LogP contribution in [0.25, 0.3) is 10.4 Å². The smallest absolute Gasteiger partial charge is 0.235 e. The van der Waals surface area contributed by atoms with Gasteiger partial charge in [0.15, 0.2) is 11.5 Å². The van der Waals surface area contributed by atoms with E-state index >= 15 is 0 Å². The van der Waals surface area contributed by atoms with Gasteiger partial charge in [0.2, 0.25) is 12.7 Å². The van der Waals surface area contributed by atoms with Crippen LogP contribution in [0.5, 0.6) is 11.5 Å². The van der Waals surface area contributed by atoms with Crippen LogP contribution in [0.3, 0.4) is 0 Å². The summed E-state index contributed by atoms with van der Waals surface area (Å²) in [6.45, 7) is 4.47. The minimum Gasteiger partial charge on any atom is -0.454 e. The average Bonchev–Trinajstić information content (AvgIpc) is 3.18. The van der Waals surface area contributed by atoms with Crippen molar-refractivity contribution in [1.82, 2.24) is 0 Å². The molecule has 28 heavy (non-hydrogen) atoms. The van der Waals surface area contributed by atoms with Gasteiger partial charge in [-0.2, -0.15) is 0 Å². The van der Waals surface area contributed by atoms with Gasteiger partial charge < -0.3 is 14.8 Å². The Hall–Kier alpha value is -2.79. The first-order chi connectivity index (χ1) is 13.6. The van der Waals surface area contributed by atoms with Crippen LogP contribution in [0.15, 0.2) is 47.8 Å². The van der Waals surface area contributed by atoms with Crippen LogP contribution in [0.2, 0.25) is 0 Å². The van der Waals surface area contributed by atoms with Crippen molar-refractivity contribution in [2.75, 3.05) is 12.1 Å². The highest BCUT2D eigenvalue weighted by Gasteiger charge is 2.51. The number of rotatable bonds is 4. The number of carbonyl (C=O) groups is 1. The molecule has 0 saturated heterocycles. The number of fused-ring (bicyclic) bond motifs is 1. The summed E-state index contributed by atoms with van der Waals surface area (Å²) in [4.78, 5) is 14.4. The summed E-state index contributed by atoms with van der Waals surface area (Å²) >= 11 is 1.73. The Morgan fingerprint density at radius 3 is 2.57 bits per heavy atom. The fourth-order valence-corrected chi connectivity index (χ4v) is 4.82. The first kappa shape index (κ1) is 17.3. The number of anilines is 1. The average molecular weight is 391 g/mol. The number of carbonyl (C=O) groups excluding carboxylic acids is 1. The molecule has 2 aromatic carbocycles. The molecule has 0 atom stereocenters. The van der Waals surface area contributed by atoms with Crippen LogP contribution in [-0.2, 0) is 10.2 Å². The third kappa shape index (κ3) is 2.78. The number of nitrogens with one attached hydrogen (secondary N) is 1. The number of hydrogen-bond donors (Lipinski definition) is 1. The van der Waals surface area contributed by atoms with Crippen LogP contribution in [0.1, 0.15) is 29.5 Å². The summed E-state index contributed by atoms with van der Waals surface area (Å²) in [7, 11) is 0. The van der Waals surface area contributed by atoms with Gasteiger partial charge in [-0.25, -0.2) is 0 Å². The zero-order chi connectivity index (χ0) is 19.3. The first-order valence-corrected chi connectivity index (χ1v) is 10.3. The molecule has 0 bridgehead atoms. The van der Waals surface area contributed by atoms with Crippen molar-refractivity contribution in [2.24, 2.45) is 0 Å². The first-order valence-electron chi connectivity index (χ1n) is 9.43. The van der Waals surface area contributed by atoms with Crippen LogP contribution in [0, 0.1) is 13.8 Å². The molecule has 1 aromatic heterocycles. The number of thiophene rings is 1. The summed E-state index contributed by atoms with van der Waals surface area (Å²) in [6, 6.07) is 14.1. The van der Waals surface area contributed by atoms with Gasteiger partial charge in [-0.1, -0.05) is 12.1 Å². The lowest BCUT2D eigenvalue weighted by Crippen LogP contribution is -2.27. The van der Waals surface area contributed by atoms with E-state index < -0.39 is 5.41 Å². The summed E-state index contributed by atoms with van der Waals surface area (Å²) in [5.74, 6) is 1.51. The molecule has 1 N–H and O–H groups in total. The molecule has 5 rings (SSSR count). The normalized spacial score (nSPS) is 16.1. The van der Waals surface area contributed by atoms with Crippen molar-refractivity contribution >= 4 is 22.9 Å². The zero-order valence-corrected chi connectivity index (χ0v) is 16.7. The Morgan fingerprint density at radius 1 is 1.00 bits per heavy atom. The minimum absolute atomic E-state index is 0.0454. The largest absolute Gasteiger partial charge is 0.454 e. The lowest BCUT2D eigenvalue weighted by atomic mass is 9.94. The second-order valence-corrected chi connectivity index (χ2v) is 8.48. The van der Waals surface area contributed by atoms with Gasteiger partial charge in [0.1, 0.15) is 0 Å². The second kappa shape index (κ2) is 6.38. The topological polar surface area (TPSA) is 47.6 Å². The second-order valence-electron chi connectivity index (χ2n) is 7.57. The molecule has 1 amide bonds. The van der Waals surface area contributed by atoms with Crippen LogP contribution < -0.4 is 14.8 Å². The zero-order valence-electron chi connectivity index (χ0n) is 15.9. The molecule has 1 fully saturated rings. The van der Waals surface area contributed by atoms with E-state index in [0.29, 0.717) is 0 Å². The van der Waals surface area contributed by atoms with Crippen LogP contribution in [-0.4, -0.2) is 12.7 Å². The Labute approximate surface area is 168 Å². The van der Waals surface area contributed by atoms with E-state index in [9.17, 15) is 4.79 Å². The van der Waals surface area contributed by atoms with Crippen molar-refractivity contribution in [1.29, 1.82) is 0 Å². The van der Waals surface area contributed by atoms with Gasteiger partial charge in [-0.15, -0.1) is 11.3 Å². The standard InChI is InChI=1S/C23H21NO3S/c1-14-3-5-17(12-18(14)21-15(2)7-10-28-21)24-22(25)23(8-9-23)16-4-6-19-20(11-16)27-13-26-19/h3-7,10-12H,8-9,13H2,1-2H3,(H,24,25). The van der Waals surface area contributed by atoms with Crippen LogP contribution >= 0.6 is 11.3 Å². The molecule has 0 spiro atoms. The van der Waals surface area contributed by atoms with Gasteiger partial charge in [0.25, 0.3) is 0 Å². The molecular weight excluding hydrogens is 370 g/mol. The Kier molecular flexibility index (Phi) is 3.95. The Morgan fingerprint density at radius 2 is 1.82 bits per heavy atom. The minimum atomic E-state index is -0.467. The van der Waals surface area contributed by atoms with E-state index in [2.05, 4.69) is 42.7 Å². The van der Waals surface area contributed by atoms with E-state index in [4.69, 9.17) is 9.47 Å². The summed E-state index contributed by atoms with van der Waals surface area (Å²) in [5, 5.41) is 5.26. The molecule has 5 heteroatoms. The van der Waals surface area contributed by atoms with Gasteiger partial charge in [-0.3, -0.25) is 4.79 Å². The third-order valence-electron chi connectivity index (χ3n) is 5.71. The Bertz CT molecular complexity index is 1080. The lowest BCUT2D eigenvalue weighted by molar-refractivity contribution is -0.118. The Balaban J connectivity index is 1.42. The predicted octanol–water partition coefficient (Wildman–Crippen LogP) is 5.43. The molecule has 0 unspecified atom stereocenters. The number of benzene rings is 2. The number of amides is 1. The predicted molar refractivity (Wildman–Crippen MR) is 111 cm³/mol. The molecule has 2 aliphatic rings. The fourth-order valence-electron chi connectivity index (χ4n) is 3.81. The molecule has 1 aliphatic carbocycles. The lowest BCUT2D eigenvalue weighted by Gasteiger charge is -2.17. The van der Waals surface area contributed by atoms with E-state index in [1.807, 2.05) is 24.3 Å². The number of hydrogen-bond acceptors (Lipinski definition) is 4. The highest BCUT2D eigenvalue weighted by atomic mass is 32.1. The molecule has 3 aromatic rings. The van der Waals surface area contributed by atoms with Crippen molar-refractivity contribution in [3.63, 3.8) is 0 Å². The molecule has 1 aliphatic heterocycles. The maximum absolute atomic E-state index is 13.2. The van der Waals surface area contributed by atoms with Crippen molar-refractivity contribution in [3.05, 3.63) is 64.5 Å². The number of ether oxygens (including phenoxy) is 2. The summed E-state index contributed by atoms with van der Waals surface area (Å²) in [5.41, 5.74) is 5.01. The molecular formula is C23H21NO3S. The fraction of sp³-hybridized carbons (Fsp3) is 0.261. The molecule has 0 radical (unpaired) electrons. The van der Waals surface area contributed by atoms with E-state index in [-0.39, 0.29) is 12.7 Å². The molecule has 4 nitrogen and oxygen atoms in total. The van der Waals surface area contributed by atoms with Crippen molar-refractivity contribution < 1.29 is 14.3 Å². The third-order valence-corrected chi connectivity index (χ3v) is 6.76. The number of aryl methyl sites for hydroxylation is 2. The molecule has 2 heterocycles. The highest BCUT2D eigenvalue weighted by Crippen LogP contribution is 2.51. The van der Waals surface area contributed by atoms with Gasteiger partial charge in [-0.05, 0) is 84.7 Å². The van der Waals surface area contributed by atoms with E-state index in [0.717, 1.165) is 35.6 Å². The van der Waals surface area contributed by atoms with Crippen LogP contribution in [0.4, 0.5) is 5.69 Å².